The fourth-order valence-electron chi connectivity index (χ4n) is 2.79. The number of nitrogens with two attached hydrogens (primary N) is 1. The maximum atomic E-state index is 12.2. The molecule has 0 aromatic carbocycles. The van der Waals surface area contributed by atoms with Crippen LogP contribution in [-0.4, -0.2) is 14.5 Å². The van der Waals surface area contributed by atoms with Crippen molar-refractivity contribution in [3.8, 4) is 0 Å². The van der Waals surface area contributed by atoms with Gasteiger partial charge in [0.25, 0.3) is 0 Å². The molecule has 0 radical (unpaired) electrons. The summed E-state index contributed by atoms with van der Waals surface area (Å²) in [5.74, 6) is 1.16. The van der Waals surface area contributed by atoms with Gasteiger partial charge in [0.05, 0.1) is 0 Å². The van der Waals surface area contributed by atoms with E-state index in [1.807, 2.05) is 0 Å². The van der Waals surface area contributed by atoms with Gasteiger partial charge in [0.2, 0.25) is 10.0 Å². The van der Waals surface area contributed by atoms with E-state index in [0.29, 0.717) is 21.7 Å². The molecule has 2 unspecified atom stereocenters. The van der Waals surface area contributed by atoms with E-state index in [0.717, 1.165) is 12.8 Å². The van der Waals surface area contributed by atoms with Crippen molar-refractivity contribution in [1.82, 2.24) is 4.72 Å². The van der Waals surface area contributed by atoms with Gasteiger partial charge in [-0.05, 0) is 37.2 Å². The lowest BCUT2D eigenvalue weighted by Crippen LogP contribution is -2.39. The minimum Gasteiger partial charge on any atom is -0.398 e. The maximum Gasteiger partial charge on any atom is 0.250 e. The molecule has 0 bridgehead atoms. The number of hydrogen-bond donors (Lipinski definition) is 2. The van der Waals surface area contributed by atoms with Crippen LogP contribution < -0.4 is 10.5 Å². The zero-order valence-corrected chi connectivity index (χ0v) is 12.4. The van der Waals surface area contributed by atoms with Crippen molar-refractivity contribution in [2.24, 2.45) is 11.8 Å². The molecule has 2 atom stereocenters. The van der Waals surface area contributed by atoms with Gasteiger partial charge in [-0.1, -0.05) is 13.8 Å². The summed E-state index contributed by atoms with van der Waals surface area (Å²) in [6, 6.07) is 1.57. The van der Waals surface area contributed by atoms with E-state index < -0.39 is 10.0 Å². The SMILES string of the molecule is CC1CC(C)CC(NS(=O)(=O)c2cc(N)cs2)C1. The van der Waals surface area contributed by atoms with Crippen LogP contribution in [0.5, 0.6) is 0 Å². The second-order valence-corrected chi connectivity index (χ2v) is 8.29. The lowest BCUT2D eigenvalue weighted by atomic mass is 9.81. The fourth-order valence-corrected chi connectivity index (χ4v) is 5.15. The van der Waals surface area contributed by atoms with Crippen LogP contribution in [0.3, 0.4) is 0 Å². The highest BCUT2D eigenvalue weighted by Crippen LogP contribution is 2.30. The number of rotatable bonds is 3. The van der Waals surface area contributed by atoms with Crippen molar-refractivity contribution in [2.45, 2.75) is 43.4 Å². The third-order valence-electron chi connectivity index (χ3n) is 3.36. The summed E-state index contributed by atoms with van der Waals surface area (Å²) in [6.45, 7) is 4.36. The van der Waals surface area contributed by atoms with Crippen LogP contribution in [0.25, 0.3) is 0 Å². The van der Waals surface area contributed by atoms with Crippen LogP contribution >= 0.6 is 11.3 Å². The Bertz CT molecular complexity index is 500. The summed E-state index contributed by atoms with van der Waals surface area (Å²) in [5, 5.41) is 1.65. The number of nitrogen functional groups attached to an aromatic ring is 1. The molecule has 4 nitrogen and oxygen atoms in total. The fraction of sp³-hybridized carbons (Fsp3) is 0.667. The van der Waals surface area contributed by atoms with E-state index in [2.05, 4.69) is 18.6 Å². The monoisotopic (exact) mass is 288 g/mol. The molecular formula is C12H20N2O2S2. The molecule has 0 amide bonds. The number of sulfonamides is 1. The Hall–Kier alpha value is -0.590. The highest BCUT2D eigenvalue weighted by molar-refractivity contribution is 7.91. The van der Waals surface area contributed by atoms with Gasteiger partial charge in [-0.15, -0.1) is 11.3 Å². The summed E-state index contributed by atoms with van der Waals surface area (Å²) in [4.78, 5) is 0. The quantitative estimate of drug-likeness (QED) is 0.897. The molecule has 18 heavy (non-hydrogen) atoms. The van der Waals surface area contributed by atoms with Gasteiger partial charge >= 0.3 is 0 Å². The van der Waals surface area contributed by atoms with Crippen LogP contribution in [0.2, 0.25) is 0 Å². The van der Waals surface area contributed by atoms with Crippen LogP contribution in [0.1, 0.15) is 33.1 Å². The van der Waals surface area contributed by atoms with Crippen LogP contribution in [0.15, 0.2) is 15.7 Å². The molecular weight excluding hydrogens is 268 g/mol. The van der Waals surface area contributed by atoms with E-state index in [4.69, 9.17) is 5.73 Å². The first-order chi connectivity index (χ1) is 8.37. The summed E-state index contributed by atoms with van der Waals surface area (Å²) in [5.41, 5.74) is 6.08. The first kappa shape index (κ1) is 13.8. The minimum absolute atomic E-state index is 0.0528. The van der Waals surface area contributed by atoms with Crippen LogP contribution in [0.4, 0.5) is 5.69 Å². The molecule has 1 aromatic rings. The molecule has 6 heteroatoms. The van der Waals surface area contributed by atoms with Gasteiger partial charge in [-0.2, -0.15) is 0 Å². The molecule has 1 aliphatic rings. The zero-order chi connectivity index (χ0) is 13.3. The molecule has 0 aliphatic heterocycles. The van der Waals surface area contributed by atoms with Crippen molar-refractivity contribution in [1.29, 1.82) is 0 Å². The average molecular weight is 288 g/mol. The second kappa shape index (κ2) is 5.19. The molecule has 1 heterocycles. The largest absolute Gasteiger partial charge is 0.398 e. The molecule has 1 aliphatic carbocycles. The lowest BCUT2D eigenvalue weighted by Gasteiger charge is -2.31. The lowest BCUT2D eigenvalue weighted by molar-refractivity contribution is 0.258. The highest BCUT2D eigenvalue weighted by atomic mass is 32.2. The number of nitrogens with one attached hydrogen (secondary N) is 1. The summed E-state index contributed by atoms with van der Waals surface area (Å²) in [6.07, 6.45) is 3.03. The number of hydrogen-bond acceptors (Lipinski definition) is 4. The van der Waals surface area contributed by atoms with Gasteiger partial charge in [0.15, 0.2) is 0 Å². The van der Waals surface area contributed by atoms with Gasteiger partial charge in [0, 0.05) is 17.1 Å². The van der Waals surface area contributed by atoms with Crippen molar-refractivity contribution in [2.75, 3.05) is 5.73 Å². The predicted molar refractivity (Wildman–Crippen MR) is 75.0 cm³/mol. The average Bonchev–Trinajstić information content (AvgIpc) is 2.62. The highest BCUT2D eigenvalue weighted by Gasteiger charge is 2.28. The molecule has 2 rings (SSSR count). The van der Waals surface area contributed by atoms with E-state index in [1.54, 1.807) is 5.38 Å². The van der Waals surface area contributed by atoms with E-state index in [9.17, 15) is 8.42 Å². The summed E-state index contributed by atoms with van der Waals surface area (Å²) >= 11 is 1.17. The van der Waals surface area contributed by atoms with E-state index >= 15 is 0 Å². The first-order valence-electron chi connectivity index (χ1n) is 6.23. The molecule has 0 saturated heterocycles. The van der Waals surface area contributed by atoms with E-state index in [1.165, 1.54) is 23.8 Å². The predicted octanol–water partition coefficient (Wildman–Crippen LogP) is 2.43. The molecule has 0 spiro atoms. The molecule has 102 valence electrons. The normalized spacial score (nSPS) is 29.3. The van der Waals surface area contributed by atoms with Crippen LogP contribution in [-0.2, 0) is 10.0 Å². The third kappa shape index (κ3) is 3.24. The number of anilines is 1. The minimum atomic E-state index is -3.40. The molecule has 3 N–H and O–H groups in total. The number of thiophene rings is 1. The Kier molecular flexibility index (Phi) is 3.99. The topological polar surface area (TPSA) is 72.2 Å². The molecule has 1 fully saturated rings. The third-order valence-corrected chi connectivity index (χ3v) is 6.34. The Morgan fingerprint density at radius 3 is 2.39 bits per heavy atom. The smallest absolute Gasteiger partial charge is 0.250 e. The Labute approximate surface area is 113 Å². The van der Waals surface area contributed by atoms with Crippen molar-refractivity contribution < 1.29 is 8.42 Å². The Morgan fingerprint density at radius 2 is 1.89 bits per heavy atom. The maximum absolute atomic E-state index is 12.2. The van der Waals surface area contributed by atoms with Gasteiger partial charge in [-0.25, -0.2) is 13.1 Å². The standard InChI is InChI=1S/C12H20N2O2S2/c1-8-3-9(2)5-11(4-8)14-18(15,16)12-6-10(13)7-17-12/h6-9,11,14H,3-5,13H2,1-2H3. The first-order valence-corrected chi connectivity index (χ1v) is 8.59. The summed E-state index contributed by atoms with van der Waals surface area (Å²) < 4.78 is 27.5. The van der Waals surface area contributed by atoms with E-state index in [-0.39, 0.29) is 6.04 Å². The Morgan fingerprint density at radius 1 is 1.28 bits per heavy atom. The van der Waals surface area contributed by atoms with Crippen molar-refractivity contribution in [3.05, 3.63) is 11.4 Å². The molecule has 1 aromatic heterocycles. The van der Waals surface area contributed by atoms with Gasteiger partial charge < -0.3 is 5.73 Å². The second-order valence-electron chi connectivity index (χ2n) is 5.43. The van der Waals surface area contributed by atoms with Gasteiger partial charge in [-0.3, -0.25) is 0 Å². The van der Waals surface area contributed by atoms with Gasteiger partial charge in [0.1, 0.15) is 4.21 Å². The Balaban J connectivity index is 2.08. The molecule has 1 saturated carbocycles. The summed E-state index contributed by atoms with van der Waals surface area (Å²) in [7, 11) is -3.40. The van der Waals surface area contributed by atoms with Crippen molar-refractivity contribution in [3.63, 3.8) is 0 Å². The zero-order valence-electron chi connectivity index (χ0n) is 10.7. The van der Waals surface area contributed by atoms with Crippen molar-refractivity contribution >= 4 is 27.0 Å². The van der Waals surface area contributed by atoms with Crippen LogP contribution in [0, 0.1) is 11.8 Å².